The Bertz CT molecular complexity index is 969. The van der Waals surface area contributed by atoms with Gasteiger partial charge in [-0.15, -0.1) is 0 Å². The molecule has 2 aromatic rings. The molecule has 3 heterocycles. The number of thioether (sulfide) groups is 1. The third kappa shape index (κ3) is 7.91. The van der Waals surface area contributed by atoms with Gasteiger partial charge >= 0.3 is 5.51 Å². The summed E-state index contributed by atoms with van der Waals surface area (Å²) in [4.78, 5) is 23.8. The van der Waals surface area contributed by atoms with Gasteiger partial charge in [-0.1, -0.05) is 11.6 Å². The minimum atomic E-state index is -4.29. The minimum absolute atomic E-state index is 0.0873. The number of nitrogens with zero attached hydrogens (tertiary/aromatic N) is 4. The highest BCUT2D eigenvalue weighted by Gasteiger charge is 2.29. The molecule has 2 aliphatic heterocycles. The molecule has 190 valence electrons. The first kappa shape index (κ1) is 25.9. The fourth-order valence-electron chi connectivity index (χ4n) is 4.48. The molecule has 4 rings (SSSR count). The Morgan fingerprint density at radius 3 is 2.49 bits per heavy atom. The van der Waals surface area contributed by atoms with Crippen molar-refractivity contribution in [2.75, 3.05) is 56.0 Å². The van der Waals surface area contributed by atoms with Gasteiger partial charge in [-0.3, -0.25) is 9.69 Å². The summed E-state index contributed by atoms with van der Waals surface area (Å²) >= 11 is 5.80. The second-order valence-electron chi connectivity index (χ2n) is 8.81. The summed E-state index contributed by atoms with van der Waals surface area (Å²) in [5.41, 5.74) is -3.52. The number of alkyl halides is 3. The molecule has 0 saturated carbocycles. The number of aromatic nitrogens is 1. The normalized spacial score (nSPS) is 19.6. The lowest BCUT2D eigenvalue weighted by Gasteiger charge is -2.36. The van der Waals surface area contributed by atoms with Crippen molar-refractivity contribution in [2.45, 2.75) is 35.7 Å². The number of hydrogen-bond donors (Lipinski definition) is 1. The zero-order valence-electron chi connectivity index (χ0n) is 19.3. The maximum Gasteiger partial charge on any atom is 0.446 e. The molecule has 2 aliphatic rings. The van der Waals surface area contributed by atoms with Crippen molar-refractivity contribution in [3.05, 3.63) is 47.6 Å². The largest absolute Gasteiger partial charge is 0.446 e. The lowest BCUT2D eigenvalue weighted by molar-refractivity contribution is -0.132. The number of piperidine rings is 1. The average Bonchev–Trinajstić information content (AvgIpc) is 2.84. The van der Waals surface area contributed by atoms with Crippen LogP contribution in [0.2, 0.25) is 5.02 Å². The molecule has 0 unspecified atom stereocenters. The van der Waals surface area contributed by atoms with Crippen molar-refractivity contribution in [3.8, 4) is 0 Å². The molecule has 0 radical (unpaired) electrons. The van der Waals surface area contributed by atoms with Crippen LogP contribution in [0.25, 0.3) is 0 Å². The third-order valence-corrected chi connectivity index (χ3v) is 7.25. The summed E-state index contributed by atoms with van der Waals surface area (Å²) in [6.45, 7) is 5.56. The number of carbonyl (C=O) groups excluding carboxylic acids is 1. The Kier molecular flexibility index (Phi) is 8.67. The molecule has 11 heteroatoms. The van der Waals surface area contributed by atoms with Gasteiger partial charge in [0.2, 0.25) is 5.91 Å². The monoisotopic (exact) mass is 527 g/mol. The van der Waals surface area contributed by atoms with Crippen LogP contribution in [0.5, 0.6) is 0 Å². The van der Waals surface area contributed by atoms with Gasteiger partial charge in [0.1, 0.15) is 5.82 Å². The molecule has 1 atom stereocenters. The highest BCUT2D eigenvalue weighted by molar-refractivity contribution is 8.00. The fourth-order valence-corrected chi connectivity index (χ4v) is 5.13. The molecule has 0 spiro atoms. The van der Waals surface area contributed by atoms with E-state index in [0.29, 0.717) is 18.0 Å². The summed E-state index contributed by atoms with van der Waals surface area (Å²) in [7, 11) is 0. The van der Waals surface area contributed by atoms with Crippen LogP contribution in [0.3, 0.4) is 0 Å². The average molecular weight is 528 g/mol. The van der Waals surface area contributed by atoms with Gasteiger partial charge in [0.15, 0.2) is 0 Å². The maximum atomic E-state index is 12.9. The molecule has 6 nitrogen and oxygen atoms in total. The molecule has 1 aromatic heterocycles. The van der Waals surface area contributed by atoms with E-state index in [0.717, 1.165) is 63.6 Å². The molecule has 1 N–H and O–H groups in total. The van der Waals surface area contributed by atoms with E-state index in [1.807, 2.05) is 17.0 Å². The van der Waals surface area contributed by atoms with E-state index in [9.17, 15) is 18.0 Å². The topological polar surface area (TPSA) is 51.7 Å². The SMILES string of the molecule is O=C(CCN1CCN(c2ccc(Cl)cn2)CC1)N1CCC[C@H](Nc2ccc(SC(F)(F)F)cc2)C1. The first-order valence-corrected chi connectivity index (χ1v) is 12.9. The molecular weight excluding hydrogens is 499 g/mol. The summed E-state index contributed by atoms with van der Waals surface area (Å²) in [5, 5.41) is 3.99. The molecule has 0 bridgehead atoms. The fraction of sp³-hybridized carbons (Fsp3) is 0.500. The van der Waals surface area contributed by atoms with Crippen LogP contribution in [0.15, 0.2) is 47.5 Å². The van der Waals surface area contributed by atoms with Gasteiger partial charge in [-0.2, -0.15) is 13.2 Å². The summed E-state index contributed by atoms with van der Waals surface area (Å²) in [6.07, 6.45) is 3.96. The number of hydrogen-bond acceptors (Lipinski definition) is 6. The van der Waals surface area contributed by atoms with Crippen LogP contribution in [-0.4, -0.2) is 78.1 Å². The molecule has 0 aliphatic carbocycles. The number of nitrogens with one attached hydrogen (secondary N) is 1. The third-order valence-electron chi connectivity index (χ3n) is 6.28. The van der Waals surface area contributed by atoms with Gasteiger partial charge in [0, 0.05) is 75.1 Å². The quantitative estimate of drug-likeness (QED) is 0.514. The number of piperazine rings is 1. The Balaban J connectivity index is 1.19. The van der Waals surface area contributed by atoms with E-state index in [4.69, 9.17) is 11.6 Å². The Morgan fingerprint density at radius 2 is 1.83 bits per heavy atom. The highest BCUT2D eigenvalue weighted by Crippen LogP contribution is 2.37. The first-order valence-electron chi connectivity index (χ1n) is 11.7. The first-order chi connectivity index (χ1) is 16.7. The predicted molar refractivity (Wildman–Crippen MR) is 134 cm³/mol. The van der Waals surface area contributed by atoms with Gasteiger partial charge < -0.3 is 15.1 Å². The lowest BCUT2D eigenvalue weighted by Crippen LogP contribution is -2.49. The van der Waals surface area contributed by atoms with E-state index >= 15 is 0 Å². The standard InChI is InChI=1S/C24H29ClF3N5OS/c25-18-3-8-22(29-16-18)32-14-12-31(13-15-32)11-9-23(34)33-10-1-2-20(17-33)30-19-4-6-21(7-5-19)35-24(26,27)28/h3-8,16,20,30H,1-2,9-15,17H2/t20-/m0/s1. The summed E-state index contributed by atoms with van der Waals surface area (Å²) < 4.78 is 37.5. The van der Waals surface area contributed by atoms with E-state index in [2.05, 4.69) is 20.1 Å². The zero-order valence-corrected chi connectivity index (χ0v) is 20.9. The molecule has 35 heavy (non-hydrogen) atoms. The zero-order chi connectivity index (χ0) is 24.8. The minimum Gasteiger partial charge on any atom is -0.381 e. The van der Waals surface area contributed by atoms with E-state index in [1.54, 1.807) is 18.3 Å². The van der Waals surface area contributed by atoms with Gasteiger partial charge in [0.25, 0.3) is 0 Å². The van der Waals surface area contributed by atoms with Crippen molar-refractivity contribution in [2.24, 2.45) is 0 Å². The highest BCUT2D eigenvalue weighted by atomic mass is 35.5. The number of amides is 1. The number of benzene rings is 1. The van der Waals surface area contributed by atoms with Crippen LogP contribution in [-0.2, 0) is 4.79 Å². The van der Waals surface area contributed by atoms with E-state index in [1.165, 1.54) is 12.1 Å². The molecule has 2 saturated heterocycles. The van der Waals surface area contributed by atoms with Crippen molar-refractivity contribution in [1.29, 1.82) is 0 Å². The van der Waals surface area contributed by atoms with Crippen LogP contribution < -0.4 is 10.2 Å². The second-order valence-corrected chi connectivity index (χ2v) is 10.4. The predicted octanol–water partition coefficient (Wildman–Crippen LogP) is 4.96. The maximum absolute atomic E-state index is 12.9. The number of rotatable bonds is 7. The van der Waals surface area contributed by atoms with Crippen molar-refractivity contribution < 1.29 is 18.0 Å². The number of anilines is 2. The number of likely N-dealkylation sites (tertiary alicyclic amines) is 1. The van der Waals surface area contributed by atoms with Crippen LogP contribution >= 0.6 is 23.4 Å². The molecule has 2 fully saturated rings. The van der Waals surface area contributed by atoms with Crippen molar-refractivity contribution in [3.63, 3.8) is 0 Å². The second kappa shape index (κ2) is 11.7. The lowest BCUT2D eigenvalue weighted by atomic mass is 10.0. The van der Waals surface area contributed by atoms with Gasteiger partial charge in [-0.25, -0.2) is 4.98 Å². The molecule has 1 aromatic carbocycles. The van der Waals surface area contributed by atoms with Crippen LogP contribution in [0.4, 0.5) is 24.7 Å². The number of pyridine rings is 1. The Labute approximate surface area is 212 Å². The van der Waals surface area contributed by atoms with Crippen molar-refractivity contribution >= 4 is 40.8 Å². The molecular formula is C24H29ClF3N5OS. The Morgan fingerprint density at radius 1 is 1.09 bits per heavy atom. The van der Waals surface area contributed by atoms with Gasteiger partial charge in [0.05, 0.1) is 5.02 Å². The number of halogens is 4. The van der Waals surface area contributed by atoms with E-state index in [-0.39, 0.29) is 28.6 Å². The summed E-state index contributed by atoms with van der Waals surface area (Å²) in [5.74, 6) is 1.07. The van der Waals surface area contributed by atoms with Gasteiger partial charge in [-0.05, 0) is 61.0 Å². The van der Waals surface area contributed by atoms with Crippen LogP contribution in [0, 0.1) is 0 Å². The van der Waals surface area contributed by atoms with Crippen LogP contribution in [0.1, 0.15) is 19.3 Å². The molecule has 1 amide bonds. The van der Waals surface area contributed by atoms with Crippen molar-refractivity contribution in [1.82, 2.24) is 14.8 Å². The van der Waals surface area contributed by atoms with E-state index < -0.39 is 5.51 Å². The number of carbonyl (C=O) groups is 1. The summed E-state index contributed by atoms with van der Waals surface area (Å²) in [6, 6.07) is 10.1. The Hall–Kier alpha value is -2.17. The smallest absolute Gasteiger partial charge is 0.381 e.